The number of methoxy groups -OCH3 is 1. The van der Waals surface area contributed by atoms with Crippen LogP contribution in [0.4, 0.5) is 0 Å². The van der Waals surface area contributed by atoms with Gasteiger partial charge in [0, 0.05) is 9.50 Å². The molecule has 0 aliphatic carbocycles. The van der Waals surface area contributed by atoms with E-state index in [0.717, 1.165) is 15.6 Å². The lowest BCUT2D eigenvalue weighted by Gasteiger charge is -2.12. The van der Waals surface area contributed by atoms with Gasteiger partial charge in [-0.1, -0.05) is 52.3 Å². The Balaban J connectivity index is 2.44. The number of hydrogen-bond acceptors (Lipinski definition) is 3. The minimum Gasteiger partial charge on any atom is -0.493 e. The molecule has 0 unspecified atom stereocenters. The largest absolute Gasteiger partial charge is 0.493 e. The summed E-state index contributed by atoms with van der Waals surface area (Å²) in [5.74, 6) is 1.19. The summed E-state index contributed by atoms with van der Waals surface area (Å²) in [4.78, 5) is 0. The van der Waals surface area contributed by atoms with Crippen molar-refractivity contribution in [2.75, 3.05) is 13.7 Å². The number of hydrogen-bond donors (Lipinski definition) is 0. The maximum Gasteiger partial charge on any atom is 0.162 e. The molecule has 0 amide bonds. The molecular formula is C19H15BrClNO2. The van der Waals surface area contributed by atoms with E-state index in [1.807, 2.05) is 24.3 Å². The van der Waals surface area contributed by atoms with Gasteiger partial charge in [-0.3, -0.25) is 0 Å². The number of rotatable bonds is 6. The third-order valence-corrected chi connectivity index (χ3v) is 4.15. The van der Waals surface area contributed by atoms with Crippen molar-refractivity contribution in [1.82, 2.24) is 0 Å². The molecule has 3 nitrogen and oxygen atoms in total. The predicted octanol–water partition coefficient (Wildman–Crippen LogP) is 5.74. The molecule has 0 bridgehead atoms. The second kappa shape index (κ2) is 8.58. The van der Waals surface area contributed by atoms with Crippen molar-refractivity contribution in [3.63, 3.8) is 0 Å². The highest BCUT2D eigenvalue weighted by Crippen LogP contribution is 2.35. The molecule has 0 atom stereocenters. The van der Waals surface area contributed by atoms with E-state index in [-0.39, 0.29) is 0 Å². The number of nitriles is 1. The Hall–Kier alpha value is -2.22. The molecule has 2 aromatic carbocycles. The molecule has 0 fully saturated rings. The van der Waals surface area contributed by atoms with E-state index in [2.05, 4.69) is 28.6 Å². The van der Waals surface area contributed by atoms with Crippen LogP contribution in [0.15, 0.2) is 53.5 Å². The van der Waals surface area contributed by atoms with Gasteiger partial charge in [0.2, 0.25) is 0 Å². The van der Waals surface area contributed by atoms with Crippen LogP contribution in [0.5, 0.6) is 11.5 Å². The Morgan fingerprint density at radius 3 is 2.58 bits per heavy atom. The molecule has 0 N–H and O–H groups in total. The summed E-state index contributed by atoms with van der Waals surface area (Å²) in [5.41, 5.74) is 2.12. The molecule has 0 aliphatic rings. The van der Waals surface area contributed by atoms with Gasteiger partial charge in [-0.2, -0.15) is 5.26 Å². The summed E-state index contributed by atoms with van der Waals surface area (Å²) in [7, 11) is 1.57. The highest BCUT2D eigenvalue weighted by atomic mass is 79.9. The fraction of sp³-hybridized carbons (Fsp3) is 0.105. The Morgan fingerprint density at radius 1 is 1.29 bits per heavy atom. The Bertz CT molecular complexity index is 807. The van der Waals surface area contributed by atoms with E-state index in [4.69, 9.17) is 21.1 Å². The molecule has 0 spiro atoms. The van der Waals surface area contributed by atoms with Crippen LogP contribution in [-0.2, 0) is 0 Å². The number of allylic oxidation sites excluding steroid dienone is 1. The van der Waals surface area contributed by atoms with Gasteiger partial charge in [0.1, 0.15) is 6.61 Å². The van der Waals surface area contributed by atoms with E-state index in [9.17, 15) is 5.26 Å². The first-order valence-corrected chi connectivity index (χ1v) is 8.25. The van der Waals surface area contributed by atoms with Crippen LogP contribution in [-0.4, -0.2) is 13.7 Å². The minimum absolute atomic E-state index is 0.381. The molecule has 24 heavy (non-hydrogen) atoms. The molecule has 0 saturated heterocycles. The van der Waals surface area contributed by atoms with E-state index in [1.54, 1.807) is 31.4 Å². The smallest absolute Gasteiger partial charge is 0.162 e. The third-order valence-electron chi connectivity index (χ3n) is 3.22. The predicted molar refractivity (Wildman–Crippen MR) is 101 cm³/mol. The average Bonchev–Trinajstić information content (AvgIpc) is 2.60. The number of ether oxygens (including phenoxy) is 2. The van der Waals surface area contributed by atoms with E-state index in [1.165, 1.54) is 0 Å². The molecule has 122 valence electrons. The van der Waals surface area contributed by atoms with Crippen molar-refractivity contribution in [3.05, 3.63) is 69.7 Å². The molecule has 2 rings (SSSR count). The SMILES string of the molecule is C=CCOc1cc(Br)c(C=C(C#N)c2ccc(Cl)cc2)cc1OC. The first-order valence-electron chi connectivity index (χ1n) is 7.08. The monoisotopic (exact) mass is 403 g/mol. The van der Waals surface area contributed by atoms with E-state index < -0.39 is 0 Å². The van der Waals surface area contributed by atoms with Gasteiger partial charge in [0.15, 0.2) is 11.5 Å². The zero-order chi connectivity index (χ0) is 17.5. The lowest BCUT2D eigenvalue weighted by atomic mass is 10.0. The standard InChI is InChI=1S/C19H15BrClNO2/c1-3-8-24-19-11-17(20)14(10-18(19)23-2)9-15(12-22)13-4-6-16(21)7-5-13/h3-7,9-11H,1,8H2,2H3. The quantitative estimate of drug-likeness (QED) is 0.350. The minimum atomic E-state index is 0.381. The molecule has 2 aromatic rings. The summed E-state index contributed by atoms with van der Waals surface area (Å²) >= 11 is 9.40. The Morgan fingerprint density at radius 2 is 2.00 bits per heavy atom. The molecule has 0 heterocycles. The van der Waals surface area contributed by atoms with Crippen molar-refractivity contribution < 1.29 is 9.47 Å². The fourth-order valence-electron chi connectivity index (χ4n) is 2.05. The molecular weight excluding hydrogens is 390 g/mol. The third kappa shape index (κ3) is 4.41. The molecule has 0 radical (unpaired) electrons. The maximum absolute atomic E-state index is 9.46. The first-order chi connectivity index (χ1) is 11.6. The number of benzene rings is 2. The van der Waals surface area contributed by atoms with Gasteiger partial charge in [-0.05, 0) is 41.5 Å². The van der Waals surface area contributed by atoms with Crippen LogP contribution in [0, 0.1) is 11.3 Å². The topological polar surface area (TPSA) is 42.2 Å². The van der Waals surface area contributed by atoms with Crippen LogP contribution in [0.25, 0.3) is 11.6 Å². The molecule has 5 heteroatoms. The van der Waals surface area contributed by atoms with Crippen molar-refractivity contribution in [2.45, 2.75) is 0 Å². The van der Waals surface area contributed by atoms with Crippen molar-refractivity contribution >= 4 is 39.2 Å². The van der Waals surface area contributed by atoms with Gasteiger partial charge >= 0.3 is 0 Å². The van der Waals surface area contributed by atoms with E-state index in [0.29, 0.717) is 28.7 Å². The van der Waals surface area contributed by atoms with Crippen molar-refractivity contribution in [2.24, 2.45) is 0 Å². The first kappa shape index (κ1) is 18.1. The van der Waals surface area contributed by atoms with Crippen molar-refractivity contribution in [3.8, 4) is 17.6 Å². The normalized spacial score (nSPS) is 10.8. The lowest BCUT2D eigenvalue weighted by Crippen LogP contribution is -1.97. The highest BCUT2D eigenvalue weighted by molar-refractivity contribution is 9.10. The highest BCUT2D eigenvalue weighted by Gasteiger charge is 2.10. The zero-order valence-electron chi connectivity index (χ0n) is 13.1. The number of nitrogens with zero attached hydrogens (tertiary/aromatic N) is 1. The zero-order valence-corrected chi connectivity index (χ0v) is 15.4. The molecule has 0 aromatic heterocycles. The van der Waals surface area contributed by atoms with Gasteiger partial charge in [-0.15, -0.1) is 0 Å². The summed E-state index contributed by atoms with van der Waals surface area (Å²) in [6, 6.07) is 13.0. The second-order valence-electron chi connectivity index (χ2n) is 4.80. The van der Waals surface area contributed by atoms with Crippen LogP contribution in [0.2, 0.25) is 5.02 Å². The second-order valence-corrected chi connectivity index (χ2v) is 6.09. The lowest BCUT2D eigenvalue weighted by molar-refractivity contribution is 0.326. The Labute approximate surface area is 154 Å². The Kier molecular flexibility index (Phi) is 6.48. The number of halogens is 2. The summed E-state index contributed by atoms with van der Waals surface area (Å²) in [5, 5.41) is 10.1. The summed E-state index contributed by atoms with van der Waals surface area (Å²) in [6.45, 7) is 4.01. The maximum atomic E-state index is 9.46. The van der Waals surface area contributed by atoms with Gasteiger partial charge in [-0.25, -0.2) is 0 Å². The average molecular weight is 405 g/mol. The van der Waals surface area contributed by atoms with Crippen molar-refractivity contribution in [1.29, 1.82) is 5.26 Å². The van der Waals surface area contributed by atoms with Crippen LogP contribution < -0.4 is 9.47 Å². The fourth-order valence-corrected chi connectivity index (χ4v) is 2.61. The van der Waals surface area contributed by atoms with Gasteiger partial charge < -0.3 is 9.47 Å². The summed E-state index contributed by atoms with van der Waals surface area (Å²) < 4.78 is 11.7. The van der Waals surface area contributed by atoms with Crippen LogP contribution in [0.3, 0.4) is 0 Å². The van der Waals surface area contributed by atoms with Crippen LogP contribution in [0.1, 0.15) is 11.1 Å². The van der Waals surface area contributed by atoms with E-state index >= 15 is 0 Å². The van der Waals surface area contributed by atoms with Gasteiger partial charge in [0.05, 0.1) is 18.8 Å². The van der Waals surface area contributed by atoms with Crippen LogP contribution >= 0.6 is 27.5 Å². The summed E-state index contributed by atoms with van der Waals surface area (Å²) in [6.07, 6.45) is 3.45. The molecule has 0 saturated carbocycles. The molecule has 0 aliphatic heterocycles. The van der Waals surface area contributed by atoms with Gasteiger partial charge in [0.25, 0.3) is 0 Å².